The van der Waals surface area contributed by atoms with Gasteiger partial charge in [-0.05, 0) is 76.7 Å². The highest BCUT2D eigenvalue weighted by molar-refractivity contribution is 5.31. The molecule has 3 nitrogen and oxygen atoms in total. The standard InChI is InChI=1S/C30H44N2O/c33-27-23-31-19-15-11-8-5-9-13-17-25-21-26-22-32-20-16-12-7-4-2-1-3-6-10-14-18-30(24-31,28(26)27)29(25)32/h1-2,5-7,9-10,12,21,26-29,33H,3-4,8,11,13-20,22-24H2. The molecule has 3 heteroatoms. The Kier molecular flexibility index (Phi) is 7.69. The van der Waals surface area contributed by atoms with Gasteiger partial charge >= 0.3 is 0 Å². The van der Waals surface area contributed by atoms with E-state index in [0.717, 1.165) is 51.9 Å². The van der Waals surface area contributed by atoms with Gasteiger partial charge in [-0.15, -0.1) is 0 Å². The molecule has 0 amide bonds. The van der Waals surface area contributed by atoms with Gasteiger partial charge in [-0.1, -0.05) is 60.3 Å². The van der Waals surface area contributed by atoms with Crippen LogP contribution in [0.15, 0.2) is 60.3 Å². The first-order valence-electron chi connectivity index (χ1n) is 13.7. The van der Waals surface area contributed by atoms with Gasteiger partial charge < -0.3 is 10.0 Å². The van der Waals surface area contributed by atoms with Crippen LogP contribution in [-0.2, 0) is 0 Å². The van der Waals surface area contributed by atoms with Crippen molar-refractivity contribution in [2.75, 3.05) is 32.7 Å². The summed E-state index contributed by atoms with van der Waals surface area (Å²) < 4.78 is 0. The summed E-state index contributed by atoms with van der Waals surface area (Å²) in [6.07, 6.45) is 33.0. The first-order chi connectivity index (χ1) is 16.3. The lowest BCUT2D eigenvalue weighted by Gasteiger charge is -2.65. The molecule has 7 unspecified atom stereocenters. The molecule has 180 valence electrons. The minimum absolute atomic E-state index is 0.173. The predicted octanol–water partition coefficient (Wildman–Crippen LogP) is 5.66. The Morgan fingerprint density at radius 1 is 0.788 bits per heavy atom. The van der Waals surface area contributed by atoms with Crippen LogP contribution >= 0.6 is 0 Å². The van der Waals surface area contributed by atoms with Crippen molar-refractivity contribution in [2.45, 2.75) is 76.4 Å². The zero-order valence-corrected chi connectivity index (χ0v) is 20.5. The Labute approximate surface area is 201 Å². The maximum atomic E-state index is 11.6. The van der Waals surface area contributed by atoms with E-state index < -0.39 is 0 Å². The quantitative estimate of drug-likeness (QED) is 0.485. The summed E-state index contributed by atoms with van der Waals surface area (Å²) in [5.41, 5.74) is 1.85. The summed E-state index contributed by atoms with van der Waals surface area (Å²) in [5, 5.41) is 11.6. The third-order valence-corrected chi connectivity index (χ3v) is 8.90. The first-order valence-corrected chi connectivity index (χ1v) is 13.7. The van der Waals surface area contributed by atoms with Gasteiger partial charge in [0.15, 0.2) is 0 Å². The first kappa shape index (κ1) is 23.3. The second kappa shape index (κ2) is 10.9. The third-order valence-electron chi connectivity index (χ3n) is 8.90. The number of hydrogen-bond donors (Lipinski definition) is 1. The molecule has 2 saturated heterocycles. The average Bonchev–Trinajstić information content (AvgIpc) is 2.80. The van der Waals surface area contributed by atoms with Crippen LogP contribution in [0, 0.1) is 17.3 Å². The molecule has 0 aromatic rings. The van der Waals surface area contributed by atoms with Crippen molar-refractivity contribution in [1.29, 1.82) is 0 Å². The maximum Gasteiger partial charge on any atom is 0.0707 e. The maximum absolute atomic E-state index is 11.6. The molecule has 0 saturated carbocycles. The third kappa shape index (κ3) is 5.01. The van der Waals surface area contributed by atoms with Crippen molar-refractivity contribution in [3.8, 4) is 0 Å². The van der Waals surface area contributed by atoms with E-state index in [-0.39, 0.29) is 11.5 Å². The van der Waals surface area contributed by atoms with Crippen molar-refractivity contribution < 1.29 is 5.11 Å². The van der Waals surface area contributed by atoms with Crippen LogP contribution in [0.2, 0.25) is 0 Å². The van der Waals surface area contributed by atoms with Crippen LogP contribution in [0.3, 0.4) is 0 Å². The molecule has 2 fully saturated rings. The molecule has 5 aliphatic heterocycles. The summed E-state index contributed by atoms with van der Waals surface area (Å²) in [4.78, 5) is 5.47. The zero-order valence-electron chi connectivity index (χ0n) is 20.5. The molecular formula is C30H44N2O. The zero-order chi connectivity index (χ0) is 22.5. The molecule has 7 atom stereocenters. The van der Waals surface area contributed by atoms with Crippen molar-refractivity contribution in [1.82, 2.24) is 9.80 Å². The topological polar surface area (TPSA) is 26.7 Å². The summed E-state index contributed by atoms with van der Waals surface area (Å²) in [5.74, 6) is 0.917. The number of rotatable bonds is 0. The van der Waals surface area contributed by atoms with Gasteiger partial charge in [-0.3, -0.25) is 4.90 Å². The second-order valence-electron chi connectivity index (χ2n) is 11.1. The van der Waals surface area contributed by atoms with Crippen molar-refractivity contribution >= 4 is 0 Å². The van der Waals surface area contributed by atoms with Crippen LogP contribution < -0.4 is 0 Å². The van der Waals surface area contributed by atoms with Crippen molar-refractivity contribution in [3.05, 3.63) is 60.3 Å². The number of piperidine rings is 2. The molecule has 6 bridgehead atoms. The Bertz CT molecular complexity index is 808. The smallest absolute Gasteiger partial charge is 0.0707 e. The lowest BCUT2D eigenvalue weighted by molar-refractivity contribution is -0.159. The second-order valence-corrected chi connectivity index (χ2v) is 11.1. The molecule has 0 aromatic carbocycles. The van der Waals surface area contributed by atoms with E-state index in [0.29, 0.717) is 17.9 Å². The molecule has 0 radical (unpaired) electrons. The van der Waals surface area contributed by atoms with Crippen LogP contribution in [0.5, 0.6) is 0 Å². The fraction of sp³-hybridized carbons (Fsp3) is 0.667. The molecule has 1 spiro atoms. The highest BCUT2D eigenvalue weighted by Crippen LogP contribution is 2.57. The summed E-state index contributed by atoms with van der Waals surface area (Å²) >= 11 is 0. The van der Waals surface area contributed by atoms with Gasteiger partial charge in [0.05, 0.1) is 6.10 Å². The van der Waals surface area contributed by atoms with Crippen LogP contribution in [-0.4, -0.2) is 59.8 Å². The molecule has 6 aliphatic rings. The van der Waals surface area contributed by atoms with Gasteiger partial charge in [-0.25, -0.2) is 0 Å². The largest absolute Gasteiger partial charge is 0.391 e. The average molecular weight is 449 g/mol. The van der Waals surface area contributed by atoms with Crippen molar-refractivity contribution in [3.63, 3.8) is 0 Å². The van der Waals surface area contributed by atoms with E-state index in [2.05, 4.69) is 64.5 Å². The van der Waals surface area contributed by atoms with Gasteiger partial charge in [0.1, 0.15) is 0 Å². The fourth-order valence-corrected chi connectivity index (χ4v) is 7.75. The van der Waals surface area contributed by atoms with E-state index >= 15 is 0 Å². The monoisotopic (exact) mass is 448 g/mol. The van der Waals surface area contributed by atoms with Crippen LogP contribution in [0.1, 0.15) is 64.2 Å². The van der Waals surface area contributed by atoms with E-state index in [1.54, 1.807) is 5.57 Å². The molecule has 6 rings (SSSR count). The molecule has 1 N–H and O–H groups in total. The van der Waals surface area contributed by atoms with Gasteiger partial charge in [-0.2, -0.15) is 0 Å². The summed E-state index contributed by atoms with van der Waals surface area (Å²) in [6.45, 7) is 5.46. The van der Waals surface area contributed by atoms with Gasteiger partial charge in [0.25, 0.3) is 0 Å². The predicted molar refractivity (Wildman–Crippen MR) is 138 cm³/mol. The fourth-order valence-electron chi connectivity index (χ4n) is 7.75. The minimum Gasteiger partial charge on any atom is -0.391 e. The van der Waals surface area contributed by atoms with Gasteiger partial charge in [0.2, 0.25) is 0 Å². The highest BCUT2D eigenvalue weighted by atomic mass is 16.3. The van der Waals surface area contributed by atoms with E-state index in [9.17, 15) is 5.11 Å². The van der Waals surface area contributed by atoms with Crippen molar-refractivity contribution in [2.24, 2.45) is 17.3 Å². The minimum atomic E-state index is -0.191. The lowest BCUT2D eigenvalue weighted by Crippen LogP contribution is -2.72. The highest BCUT2D eigenvalue weighted by Gasteiger charge is 2.61. The van der Waals surface area contributed by atoms with E-state index in [4.69, 9.17) is 0 Å². The SMILES string of the molecule is OC1CN2CCCCC=CCCC3=CC4CN5CCC=CCC=CCC=CCCC(C2)(C14)C35. The Balaban J connectivity index is 1.53. The number of aliphatic hydroxyl groups excluding tert-OH is 1. The summed E-state index contributed by atoms with van der Waals surface area (Å²) in [7, 11) is 0. The van der Waals surface area contributed by atoms with E-state index in [1.807, 2.05) is 0 Å². The Morgan fingerprint density at radius 2 is 1.55 bits per heavy atom. The number of aliphatic hydroxyl groups is 1. The number of nitrogens with zero attached hydrogens (tertiary/aromatic N) is 2. The van der Waals surface area contributed by atoms with Crippen LogP contribution in [0.25, 0.3) is 0 Å². The normalized spacial score (nSPS) is 41.9. The molecule has 33 heavy (non-hydrogen) atoms. The summed E-state index contributed by atoms with van der Waals surface area (Å²) in [6, 6.07) is 0.490. The number of hydrogen-bond acceptors (Lipinski definition) is 3. The number of fused-ring (bicyclic) bond motifs is 1. The lowest BCUT2D eigenvalue weighted by atomic mass is 9.51. The Hall–Kier alpha value is -1.42. The molecule has 1 aliphatic carbocycles. The molecule has 5 heterocycles. The van der Waals surface area contributed by atoms with Crippen LogP contribution in [0.4, 0.5) is 0 Å². The Morgan fingerprint density at radius 3 is 2.42 bits per heavy atom. The van der Waals surface area contributed by atoms with Gasteiger partial charge in [0, 0.05) is 43.6 Å². The number of allylic oxidation sites excluding steroid dienone is 7. The molecular weight excluding hydrogens is 404 g/mol. The molecule has 0 aromatic heterocycles. The van der Waals surface area contributed by atoms with E-state index in [1.165, 1.54) is 45.1 Å².